The first-order valence-electron chi connectivity index (χ1n) is 5.99. The smallest absolute Gasteiger partial charge is 0.326 e. The van der Waals surface area contributed by atoms with Crippen molar-refractivity contribution < 1.29 is 14.7 Å². The second-order valence-electron chi connectivity index (χ2n) is 5.36. The molecule has 1 aliphatic rings. The lowest BCUT2D eigenvalue weighted by Crippen LogP contribution is -2.64. The third-order valence-corrected chi connectivity index (χ3v) is 3.34. The predicted octanol–water partition coefficient (Wildman–Crippen LogP) is 1.55. The Morgan fingerprint density at radius 2 is 2.00 bits per heavy atom. The van der Waals surface area contributed by atoms with E-state index in [-0.39, 0.29) is 5.91 Å². The van der Waals surface area contributed by atoms with E-state index < -0.39 is 17.4 Å². The van der Waals surface area contributed by atoms with Gasteiger partial charge in [0.1, 0.15) is 6.04 Å². The zero-order chi connectivity index (χ0) is 13.3. The van der Waals surface area contributed by atoms with Gasteiger partial charge >= 0.3 is 5.97 Å². The lowest BCUT2D eigenvalue weighted by atomic mass is 9.81. The summed E-state index contributed by atoms with van der Waals surface area (Å²) in [6.07, 6.45) is 0.359. The van der Waals surface area contributed by atoms with Crippen LogP contribution in [0.25, 0.3) is 0 Å². The first-order chi connectivity index (χ1) is 8.42. The summed E-state index contributed by atoms with van der Waals surface area (Å²) in [5.41, 5.74) is 0.520. The molecular weight excluding hydrogens is 230 g/mol. The SMILES string of the molecule is CC1(C)CN([C@@H](Cc2ccccc2)C(=O)O)C1=O. The highest BCUT2D eigenvalue weighted by molar-refractivity contribution is 5.92. The van der Waals surface area contributed by atoms with Gasteiger partial charge in [0.15, 0.2) is 0 Å². The number of aliphatic carboxylic acids is 1. The van der Waals surface area contributed by atoms with Crippen LogP contribution in [0.1, 0.15) is 19.4 Å². The Kier molecular flexibility index (Phi) is 3.11. The maximum atomic E-state index is 11.9. The Morgan fingerprint density at radius 3 is 2.44 bits per heavy atom. The molecule has 1 aromatic rings. The summed E-state index contributed by atoms with van der Waals surface area (Å²) in [5.74, 6) is -1.02. The minimum Gasteiger partial charge on any atom is -0.480 e. The van der Waals surface area contributed by atoms with Gasteiger partial charge in [-0.15, -0.1) is 0 Å². The topological polar surface area (TPSA) is 57.6 Å². The molecule has 0 unspecified atom stereocenters. The summed E-state index contributed by atoms with van der Waals surface area (Å²) in [5, 5.41) is 9.26. The Bertz CT molecular complexity index is 467. The summed E-state index contributed by atoms with van der Waals surface area (Å²) >= 11 is 0. The van der Waals surface area contributed by atoms with Crippen molar-refractivity contribution in [3.05, 3.63) is 35.9 Å². The molecule has 18 heavy (non-hydrogen) atoms. The molecule has 4 heteroatoms. The largest absolute Gasteiger partial charge is 0.480 e. The number of hydrogen-bond donors (Lipinski definition) is 1. The number of amides is 1. The Hall–Kier alpha value is -1.84. The first-order valence-corrected chi connectivity index (χ1v) is 5.99. The number of hydrogen-bond acceptors (Lipinski definition) is 2. The van der Waals surface area contributed by atoms with Crippen molar-refractivity contribution in [2.75, 3.05) is 6.54 Å². The standard InChI is InChI=1S/C14H17NO3/c1-14(2)9-15(13(14)18)11(12(16)17)8-10-6-4-3-5-7-10/h3-7,11H,8-9H2,1-2H3,(H,16,17)/t11-/m0/s1. The number of carbonyl (C=O) groups excluding carboxylic acids is 1. The molecule has 96 valence electrons. The molecule has 1 N–H and O–H groups in total. The minimum absolute atomic E-state index is 0.0779. The lowest BCUT2D eigenvalue weighted by Gasteiger charge is -2.47. The zero-order valence-corrected chi connectivity index (χ0v) is 10.6. The molecule has 1 saturated heterocycles. The van der Waals surface area contributed by atoms with Gasteiger partial charge in [0.05, 0.1) is 5.41 Å². The van der Waals surface area contributed by atoms with Crippen molar-refractivity contribution in [3.8, 4) is 0 Å². The Labute approximate surface area is 106 Å². The summed E-state index contributed by atoms with van der Waals surface area (Å²) in [7, 11) is 0. The number of carboxylic acids is 1. The minimum atomic E-state index is -0.942. The molecule has 0 radical (unpaired) electrons. The molecule has 1 atom stereocenters. The fraction of sp³-hybridized carbons (Fsp3) is 0.429. The van der Waals surface area contributed by atoms with Crippen LogP contribution in [0.15, 0.2) is 30.3 Å². The number of rotatable bonds is 4. The van der Waals surface area contributed by atoms with E-state index >= 15 is 0 Å². The van der Waals surface area contributed by atoms with Crippen LogP contribution in [0.4, 0.5) is 0 Å². The molecule has 0 bridgehead atoms. The molecular formula is C14H17NO3. The maximum Gasteiger partial charge on any atom is 0.326 e. The summed E-state index contributed by atoms with van der Waals surface area (Å²) < 4.78 is 0. The highest BCUT2D eigenvalue weighted by Gasteiger charge is 2.48. The van der Waals surface area contributed by atoms with E-state index in [0.717, 1.165) is 5.56 Å². The van der Waals surface area contributed by atoms with Crippen LogP contribution in [-0.2, 0) is 16.0 Å². The third kappa shape index (κ3) is 2.23. The quantitative estimate of drug-likeness (QED) is 0.821. The van der Waals surface area contributed by atoms with Crippen molar-refractivity contribution in [3.63, 3.8) is 0 Å². The number of carboxylic acid groups (broad SMARTS) is 1. The van der Waals surface area contributed by atoms with Gasteiger partial charge in [0.25, 0.3) is 0 Å². The fourth-order valence-electron chi connectivity index (χ4n) is 2.28. The van der Waals surface area contributed by atoms with Gasteiger partial charge in [-0.3, -0.25) is 4.79 Å². The van der Waals surface area contributed by atoms with Crippen molar-refractivity contribution in [2.24, 2.45) is 5.41 Å². The van der Waals surface area contributed by atoms with E-state index in [2.05, 4.69) is 0 Å². The van der Waals surface area contributed by atoms with Crippen LogP contribution in [0, 0.1) is 5.41 Å². The molecule has 1 aromatic carbocycles. The number of carbonyl (C=O) groups is 2. The van der Waals surface area contributed by atoms with Gasteiger partial charge in [-0.2, -0.15) is 0 Å². The van der Waals surface area contributed by atoms with Gasteiger partial charge in [0.2, 0.25) is 5.91 Å². The van der Waals surface area contributed by atoms with Crippen molar-refractivity contribution >= 4 is 11.9 Å². The van der Waals surface area contributed by atoms with Crippen molar-refractivity contribution in [1.29, 1.82) is 0 Å². The second kappa shape index (κ2) is 4.44. The summed E-state index contributed by atoms with van der Waals surface area (Å²) in [4.78, 5) is 24.6. The van der Waals surface area contributed by atoms with Crippen molar-refractivity contribution in [2.45, 2.75) is 26.3 Å². The van der Waals surface area contributed by atoms with Crippen LogP contribution >= 0.6 is 0 Å². The molecule has 0 spiro atoms. The van der Waals surface area contributed by atoms with E-state index in [4.69, 9.17) is 0 Å². The van der Waals surface area contributed by atoms with E-state index in [9.17, 15) is 14.7 Å². The zero-order valence-electron chi connectivity index (χ0n) is 10.6. The van der Waals surface area contributed by atoms with E-state index in [1.165, 1.54) is 4.90 Å². The molecule has 1 heterocycles. The highest BCUT2D eigenvalue weighted by atomic mass is 16.4. The highest BCUT2D eigenvalue weighted by Crippen LogP contribution is 2.33. The molecule has 0 aromatic heterocycles. The number of likely N-dealkylation sites (tertiary alicyclic amines) is 1. The second-order valence-corrected chi connectivity index (χ2v) is 5.36. The van der Waals surface area contributed by atoms with Gasteiger partial charge in [-0.05, 0) is 19.4 Å². The fourth-order valence-corrected chi connectivity index (χ4v) is 2.28. The molecule has 4 nitrogen and oxygen atoms in total. The van der Waals surface area contributed by atoms with Crippen LogP contribution in [-0.4, -0.2) is 34.5 Å². The Balaban J connectivity index is 2.12. The monoisotopic (exact) mass is 247 g/mol. The lowest BCUT2D eigenvalue weighted by molar-refractivity contribution is -0.168. The van der Waals surface area contributed by atoms with Gasteiger partial charge in [0, 0.05) is 13.0 Å². The molecule has 1 aliphatic heterocycles. The summed E-state index contributed by atoms with van der Waals surface area (Å²) in [6.45, 7) is 4.19. The van der Waals surface area contributed by atoms with E-state index in [0.29, 0.717) is 13.0 Å². The average molecular weight is 247 g/mol. The normalized spacial score (nSPS) is 19.2. The van der Waals surface area contributed by atoms with Gasteiger partial charge in [-0.25, -0.2) is 4.79 Å². The van der Waals surface area contributed by atoms with Crippen LogP contribution in [0.3, 0.4) is 0 Å². The molecule has 2 rings (SSSR count). The molecule has 0 aliphatic carbocycles. The average Bonchev–Trinajstić information content (AvgIpc) is 2.34. The van der Waals surface area contributed by atoms with Crippen molar-refractivity contribution in [1.82, 2.24) is 4.90 Å². The molecule has 1 fully saturated rings. The molecule has 1 amide bonds. The van der Waals surface area contributed by atoms with Gasteiger partial charge in [-0.1, -0.05) is 30.3 Å². The van der Waals surface area contributed by atoms with E-state index in [1.807, 2.05) is 44.2 Å². The third-order valence-electron chi connectivity index (χ3n) is 3.34. The predicted molar refractivity (Wildman–Crippen MR) is 67.1 cm³/mol. The number of β-lactam (4-membered cyclic amide) rings is 1. The van der Waals surface area contributed by atoms with Crippen LogP contribution < -0.4 is 0 Å². The number of nitrogens with zero attached hydrogens (tertiary/aromatic N) is 1. The van der Waals surface area contributed by atoms with Gasteiger partial charge < -0.3 is 10.0 Å². The first kappa shape index (κ1) is 12.6. The van der Waals surface area contributed by atoms with Crippen LogP contribution in [0.2, 0.25) is 0 Å². The Morgan fingerprint density at radius 1 is 1.39 bits per heavy atom. The van der Waals surface area contributed by atoms with E-state index in [1.54, 1.807) is 0 Å². The number of benzene rings is 1. The summed E-state index contributed by atoms with van der Waals surface area (Å²) in [6, 6.07) is 8.63. The maximum absolute atomic E-state index is 11.9. The van der Waals surface area contributed by atoms with Crippen LogP contribution in [0.5, 0.6) is 0 Å². The molecule has 0 saturated carbocycles.